The second-order valence-electron chi connectivity index (χ2n) is 4.98. The van der Waals surface area contributed by atoms with E-state index in [9.17, 15) is 30.1 Å². The lowest BCUT2D eigenvalue weighted by Crippen LogP contribution is -2.17. The van der Waals surface area contributed by atoms with Crippen LogP contribution >= 0.6 is 0 Å². The fourth-order valence-corrected chi connectivity index (χ4v) is 1.90. The fourth-order valence-electron chi connectivity index (χ4n) is 1.90. The third-order valence-electron chi connectivity index (χ3n) is 3.20. The van der Waals surface area contributed by atoms with Crippen molar-refractivity contribution in [1.29, 1.82) is 0 Å². The number of rotatable bonds is 5. The van der Waals surface area contributed by atoms with Crippen molar-refractivity contribution < 1.29 is 19.7 Å². The average molecular weight is 344 g/mol. The normalized spacial score (nSPS) is 10.6. The number of benzene rings is 2. The van der Waals surface area contributed by atoms with Crippen LogP contribution in [0.25, 0.3) is 0 Å². The van der Waals surface area contributed by atoms with E-state index in [1.54, 1.807) is 24.3 Å². The lowest BCUT2D eigenvalue weighted by atomic mass is 10.1. The molecule has 0 aliphatic rings. The maximum Gasteiger partial charge on any atom is 0.318 e. The molecule has 0 bridgehead atoms. The van der Waals surface area contributed by atoms with Gasteiger partial charge in [-0.05, 0) is 19.1 Å². The number of aryl methyl sites for hydroxylation is 1. The number of hydrogen-bond donors (Lipinski definition) is 2. The fraction of sp³-hybridized carbons (Fsp3) is 0.0667. The Morgan fingerprint density at radius 3 is 2.36 bits per heavy atom. The topological polar surface area (TPSA) is 148 Å². The molecule has 0 saturated carbocycles. The molecule has 0 aromatic heterocycles. The summed E-state index contributed by atoms with van der Waals surface area (Å²) in [5, 5.41) is 35.1. The Hall–Kier alpha value is -3.82. The van der Waals surface area contributed by atoms with Gasteiger partial charge in [0.15, 0.2) is 0 Å². The van der Waals surface area contributed by atoms with Crippen molar-refractivity contribution in [3.63, 3.8) is 0 Å². The predicted molar refractivity (Wildman–Crippen MR) is 87.7 cm³/mol. The molecule has 0 saturated heterocycles. The minimum Gasteiger partial charge on any atom is -0.502 e. The molecule has 0 unspecified atom stereocenters. The van der Waals surface area contributed by atoms with E-state index in [0.717, 1.165) is 17.8 Å². The second-order valence-corrected chi connectivity index (χ2v) is 4.98. The summed E-state index contributed by atoms with van der Waals surface area (Å²) >= 11 is 0. The number of hydrogen-bond acceptors (Lipinski definition) is 7. The van der Waals surface area contributed by atoms with Crippen molar-refractivity contribution in [2.75, 3.05) is 0 Å². The van der Waals surface area contributed by atoms with Gasteiger partial charge in [-0.1, -0.05) is 17.7 Å². The number of nitro groups is 2. The highest BCUT2D eigenvalue weighted by atomic mass is 16.6. The quantitative estimate of drug-likeness (QED) is 0.483. The van der Waals surface area contributed by atoms with E-state index in [1.165, 1.54) is 0 Å². The van der Waals surface area contributed by atoms with E-state index in [-0.39, 0.29) is 5.56 Å². The Morgan fingerprint density at radius 2 is 1.80 bits per heavy atom. The Labute approximate surface area is 140 Å². The Balaban J connectivity index is 2.25. The summed E-state index contributed by atoms with van der Waals surface area (Å²) in [6, 6.07) is 8.16. The first kappa shape index (κ1) is 17.5. The highest BCUT2D eigenvalue weighted by molar-refractivity contribution is 5.95. The van der Waals surface area contributed by atoms with Gasteiger partial charge in [0.1, 0.15) is 0 Å². The van der Waals surface area contributed by atoms with Gasteiger partial charge in [-0.2, -0.15) is 5.10 Å². The van der Waals surface area contributed by atoms with Crippen LogP contribution in [-0.2, 0) is 0 Å². The van der Waals surface area contributed by atoms with Gasteiger partial charge < -0.3 is 5.11 Å². The third-order valence-corrected chi connectivity index (χ3v) is 3.20. The van der Waals surface area contributed by atoms with Gasteiger partial charge in [-0.15, -0.1) is 0 Å². The number of amides is 1. The van der Waals surface area contributed by atoms with Gasteiger partial charge in [0.25, 0.3) is 11.6 Å². The zero-order valence-corrected chi connectivity index (χ0v) is 12.9. The highest BCUT2D eigenvalue weighted by Crippen LogP contribution is 2.33. The summed E-state index contributed by atoms with van der Waals surface area (Å²) < 4.78 is 0. The second kappa shape index (κ2) is 7.17. The van der Waals surface area contributed by atoms with Crippen molar-refractivity contribution in [1.82, 2.24) is 5.43 Å². The summed E-state index contributed by atoms with van der Waals surface area (Å²) in [6.45, 7) is 1.86. The standard InChI is InChI=1S/C15H12N4O6/c1-9-2-4-10(5-3-9)15(21)17-16-8-11-6-12(18(22)23)7-13(14(11)20)19(24)25/h2-8,20H,1H3,(H,17,21). The van der Waals surface area contributed by atoms with Crippen LogP contribution in [0.5, 0.6) is 5.75 Å². The van der Waals surface area contributed by atoms with E-state index < -0.39 is 32.9 Å². The summed E-state index contributed by atoms with van der Waals surface area (Å²) in [5.41, 5.74) is 1.78. The molecule has 128 valence electrons. The van der Waals surface area contributed by atoms with E-state index in [0.29, 0.717) is 11.6 Å². The van der Waals surface area contributed by atoms with Crippen molar-refractivity contribution in [3.8, 4) is 5.75 Å². The number of phenolic OH excluding ortho intramolecular Hbond substituents is 1. The zero-order chi connectivity index (χ0) is 18.6. The summed E-state index contributed by atoms with van der Waals surface area (Å²) in [6.07, 6.45) is 0.890. The molecule has 0 radical (unpaired) electrons. The van der Waals surface area contributed by atoms with Crippen LogP contribution < -0.4 is 5.43 Å². The van der Waals surface area contributed by atoms with Crippen LogP contribution in [0.2, 0.25) is 0 Å². The van der Waals surface area contributed by atoms with Crippen LogP contribution in [0.4, 0.5) is 11.4 Å². The first-order valence-electron chi connectivity index (χ1n) is 6.85. The highest BCUT2D eigenvalue weighted by Gasteiger charge is 2.23. The molecular formula is C15H12N4O6. The van der Waals surface area contributed by atoms with Gasteiger partial charge in [-0.25, -0.2) is 5.43 Å². The molecule has 25 heavy (non-hydrogen) atoms. The number of phenols is 1. The Bertz CT molecular complexity index is 876. The molecule has 10 nitrogen and oxygen atoms in total. The molecule has 2 N–H and O–H groups in total. The van der Waals surface area contributed by atoms with E-state index in [2.05, 4.69) is 10.5 Å². The maximum absolute atomic E-state index is 11.9. The molecule has 10 heteroatoms. The van der Waals surface area contributed by atoms with Crippen LogP contribution in [0, 0.1) is 27.2 Å². The molecule has 0 heterocycles. The molecule has 0 fully saturated rings. The molecular weight excluding hydrogens is 332 g/mol. The molecule has 0 atom stereocenters. The number of non-ortho nitro benzene ring substituents is 1. The number of hydrazone groups is 1. The first-order chi connectivity index (χ1) is 11.8. The molecule has 0 spiro atoms. The number of nitrogens with zero attached hydrogens (tertiary/aromatic N) is 3. The van der Waals surface area contributed by atoms with Gasteiger partial charge in [-0.3, -0.25) is 25.0 Å². The zero-order valence-electron chi connectivity index (χ0n) is 12.9. The molecule has 1 amide bonds. The Morgan fingerprint density at radius 1 is 1.16 bits per heavy atom. The minimum absolute atomic E-state index is 0.273. The summed E-state index contributed by atoms with van der Waals surface area (Å²) in [4.78, 5) is 31.8. The predicted octanol–water partition coefficient (Wildman–Crippen LogP) is 2.28. The lowest BCUT2D eigenvalue weighted by molar-refractivity contribution is -0.394. The third kappa shape index (κ3) is 4.13. The average Bonchev–Trinajstić information content (AvgIpc) is 2.56. The van der Waals surface area contributed by atoms with Gasteiger partial charge in [0.2, 0.25) is 5.75 Å². The van der Waals surface area contributed by atoms with Crippen molar-refractivity contribution in [3.05, 3.63) is 73.3 Å². The number of carbonyl (C=O) groups is 1. The number of nitro benzene ring substituents is 2. The van der Waals surface area contributed by atoms with Crippen LogP contribution in [0.15, 0.2) is 41.5 Å². The summed E-state index contributed by atoms with van der Waals surface area (Å²) in [5.74, 6) is -1.33. The smallest absolute Gasteiger partial charge is 0.318 e. The van der Waals surface area contributed by atoms with Gasteiger partial charge in [0, 0.05) is 11.6 Å². The first-order valence-corrected chi connectivity index (χ1v) is 6.85. The number of carbonyl (C=O) groups excluding carboxylic acids is 1. The van der Waals surface area contributed by atoms with Gasteiger partial charge >= 0.3 is 5.69 Å². The van der Waals surface area contributed by atoms with E-state index in [4.69, 9.17) is 0 Å². The van der Waals surface area contributed by atoms with E-state index in [1.807, 2.05) is 6.92 Å². The van der Waals surface area contributed by atoms with Crippen LogP contribution in [0.1, 0.15) is 21.5 Å². The lowest BCUT2D eigenvalue weighted by Gasteiger charge is -2.02. The molecule has 2 aromatic rings. The van der Waals surface area contributed by atoms with Crippen molar-refractivity contribution in [2.45, 2.75) is 6.92 Å². The molecule has 0 aliphatic carbocycles. The van der Waals surface area contributed by atoms with E-state index >= 15 is 0 Å². The molecule has 2 aromatic carbocycles. The van der Waals surface area contributed by atoms with Crippen LogP contribution in [-0.4, -0.2) is 27.1 Å². The summed E-state index contributed by atoms with van der Waals surface area (Å²) in [7, 11) is 0. The SMILES string of the molecule is Cc1ccc(C(=O)NN=Cc2cc([N+](=O)[O-])cc([N+](=O)[O-])c2O)cc1. The molecule has 0 aliphatic heterocycles. The van der Waals surface area contributed by atoms with Crippen LogP contribution in [0.3, 0.4) is 0 Å². The van der Waals surface area contributed by atoms with Crippen molar-refractivity contribution >= 4 is 23.5 Å². The monoisotopic (exact) mass is 344 g/mol. The molecule has 2 rings (SSSR count). The maximum atomic E-state index is 11.9. The van der Waals surface area contributed by atoms with Crippen molar-refractivity contribution in [2.24, 2.45) is 5.10 Å². The minimum atomic E-state index is -0.954. The largest absolute Gasteiger partial charge is 0.502 e. The Kier molecular flexibility index (Phi) is 5.03. The van der Waals surface area contributed by atoms with Gasteiger partial charge in [0.05, 0.1) is 27.7 Å². The number of nitrogens with one attached hydrogen (secondary N) is 1. The number of aromatic hydroxyl groups is 1.